The summed E-state index contributed by atoms with van der Waals surface area (Å²) < 4.78 is 46.2. The van der Waals surface area contributed by atoms with Crippen LogP contribution in [0.3, 0.4) is 0 Å². The average Bonchev–Trinajstić information content (AvgIpc) is 3.08. The molecule has 0 radical (unpaired) electrons. The molecule has 31 heavy (non-hydrogen) atoms. The van der Waals surface area contributed by atoms with Gasteiger partial charge in [-0.1, -0.05) is 19.1 Å². The maximum Gasteiger partial charge on any atom is 0.416 e. The molecule has 1 aliphatic heterocycles. The fourth-order valence-corrected chi connectivity index (χ4v) is 3.79. The van der Waals surface area contributed by atoms with Crippen LogP contribution in [0.25, 0.3) is 0 Å². The van der Waals surface area contributed by atoms with Crippen molar-refractivity contribution in [1.82, 2.24) is 25.0 Å². The van der Waals surface area contributed by atoms with Crippen molar-refractivity contribution in [1.29, 1.82) is 0 Å². The van der Waals surface area contributed by atoms with Gasteiger partial charge in [-0.3, -0.25) is 19.4 Å². The summed E-state index contributed by atoms with van der Waals surface area (Å²) in [5.74, 6) is 0.482. The number of H-pyrrole nitrogens is 1. The molecule has 2 heterocycles. The molecular weight excluding hydrogens is 431 g/mol. The van der Waals surface area contributed by atoms with Crippen molar-refractivity contribution in [3.8, 4) is 0 Å². The third kappa shape index (κ3) is 6.14. The maximum atomic E-state index is 12.9. The number of ether oxygens (including phenoxy) is 1. The van der Waals surface area contributed by atoms with Crippen molar-refractivity contribution in [2.45, 2.75) is 38.5 Å². The highest BCUT2D eigenvalue weighted by Gasteiger charge is 2.31. The van der Waals surface area contributed by atoms with Crippen LogP contribution in [-0.4, -0.2) is 58.4 Å². The quantitative estimate of drug-likeness (QED) is 0.596. The van der Waals surface area contributed by atoms with Gasteiger partial charge in [0.15, 0.2) is 4.77 Å². The molecule has 1 saturated heterocycles. The molecule has 2 N–H and O–H groups in total. The zero-order valence-corrected chi connectivity index (χ0v) is 18.1. The lowest BCUT2D eigenvalue weighted by atomic mass is 10.0. The van der Waals surface area contributed by atoms with E-state index in [9.17, 15) is 18.0 Å². The topological polar surface area (TPSA) is 75.2 Å². The number of morpholine rings is 1. The SMILES string of the molecule is CCCc1n[nH]c(=S)n1CC(=O)NCC(c1ccc(C(F)(F)F)cc1)N1CCOCC1. The number of alkyl halides is 3. The van der Waals surface area contributed by atoms with E-state index in [-0.39, 0.29) is 25.0 Å². The van der Waals surface area contributed by atoms with E-state index < -0.39 is 11.7 Å². The average molecular weight is 458 g/mol. The van der Waals surface area contributed by atoms with Crippen LogP contribution in [0.4, 0.5) is 13.2 Å². The largest absolute Gasteiger partial charge is 0.416 e. The molecule has 1 fully saturated rings. The van der Waals surface area contributed by atoms with Gasteiger partial charge in [0, 0.05) is 26.1 Å². The fraction of sp³-hybridized carbons (Fsp3) is 0.550. The summed E-state index contributed by atoms with van der Waals surface area (Å²) in [5.41, 5.74) is 0.0144. The smallest absolute Gasteiger partial charge is 0.379 e. The number of nitrogens with zero attached hydrogens (tertiary/aromatic N) is 3. The summed E-state index contributed by atoms with van der Waals surface area (Å²) in [6.07, 6.45) is -2.82. The molecular formula is C20H26F3N5O2S. The highest BCUT2D eigenvalue weighted by molar-refractivity contribution is 7.71. The molecule has 0 bridgehead atoms. The van der Waals surface area contributed by atoms with E-state index in [0.29, 0.717) is 43.1 Å². The molecule has 1 aromatic carbocycles. The molecule has 2 aromatic rings. The molecule has 170 valence electrons. The Hall–Kier alpha value is -2.24. The van der Waals surface area contributed by atoms with Gasteiger partial charge in [-0.15, -0.1) is 0 Å². The highest BCUT2D eigenvalue weighted by atomic mass is 32.1. The van der Waals surface area contributed by atoms with Crippen molar-refractivity contribution in [3.63, 3.8) is 0 Å². The summed E-state index contributed by atoms with van der Waals surface area (Å²) >= 11 is 5.21. The Morgan fingerprint density at radius 3 is 2.58 bits per heavy atom. The van der Waals surface area contributed by atoms with E-state index in [1.54, 1.807) is 4.57 Å². The van der Waals surface area contributed by atoms with Crippen LogP contribution in [0.15, 0.2) is 24.3 Å². The van der Waals surface area contributed by atoms with Crippen molar-refractivity contribution in [3.05, 3.63) is 46.0 Å². The number of hydrogen-bond acceptors (Lipinski definition) is 5. The first-order valence-corrected chi connectivity index (χ1v) is 10.6. The van der Waals surface area contributed by atoms with Crippen molar-refractivity contribution in [2.24, 2.45) is 0 Å². The van der Waals surface area contributed by atoms with E-state index >= 15 is 0 Å². The second-order valence-electron chi connectivity index (χ2n) is 7.37. The Kier molecular flexibility index (Phi) is 7.84. The fourth-order valence-electron chi connectivity index (χ4n) is 3.58. The number of carbonyl (C=O) groups excluding carboxylic acids is 1. The van der Waals surface area contributed by atoms with Crippen molar-refractivity contribution in [2.75, 3.05) is 32.8 Å². The molecule has 1 aromatic heterocycles. The first kappa shape index (κ1) is 23.4. The Morgan fingerprint density at radius 2 is 1.97 bits per heavy atom. The minimum absolute atomic E-state index is 0.0352. The van der Waals surface area contributed by atoms with Gasteiger partial charge >= 0.3 is 6.18 Å². The lowest BCUT2D eigenvalue weighted by Gasteiger charge is -2.35. The van der Waals surface area contributed by atoms with Crippen LogP contribution in [-0.2, 0) is 28.7 Å². The van der Waals surface area contributed by atoms with E-state index in [0.717, 1.165) is 24.4 Å². The first-order chi connectivity index (χ1) is 14.8. The molecule has 1 atom stereocenters. The first-order valence-electron chi connectivity index (χ1n) is 10.2. The monoisotopic (exact) mass is 457 g/mol. The lowest BCUT2D eigenvalue weighted by molar-refractivity contribution is -0.137. The minimum Gasteiger partial charge on any atom is -0.379 e. The predicted molar refractivity (Wildman–Crippen MR) is 111 cm³/mol. The van der Waals surface area contributed by atoms with E-state index in [1.807, 2.05) is 6.92 Å². The van der Waals surface area contributed by atoms with Gasteiger partial charge < -0.3 is 10.1 Å². The molecule has 3 rings (SSSR count). The summed E-state index contributed by atoms with van der Waals surface area (Å²) in [4.78, 5) is 14.7. The summed E-state index contributed by atoms with van der Waals surface area (Å²) in [6, 6.07) is 4.84. The van der Waals surface area contributed by atoms with Crippen LogP contribution in [0, 0.1) is 4.77 Å². The van der Waals surface area contributed by atoms with Crippen LogP contribution < -0.4 is 5.32 Å². The van der Waals surface area contributed by atoms with Gasteiger partial charge in [0.1, 0.15) is 12.4 Å². The number of rotatable bonds is 8. The summed E-state index contributed by atoms with van der Waals surface area (Å²) in [6.45, 7) is 4.65. The van der Waals surface area contributed by atoms with E-state index in [2.05, 4.69) is 20.4 Å². The minimum atomic E-state index is -4.39. The molecule has 0 aliphatic carbocycles. The number of amides is 1. The standard InChI is InChI=1S/C20H26F3N5O2S/c1-2-3-17-25-26-19(31)28(17)13-18(29)24-12-16(27-8-10-30-11-9-27)14-4-6-15(7-5-14)20(21,22)23/h4-7,16H,2-3,8-13H2,1H3,(H,24,29)(H,26,31). The van der Waals surface area contributed by atoms with Crippen LogP contribution in [0.5, 0.6) is 0 Å². The molecule has 0 spiro atoms. The molecule has 1 amide bonds. The third-order valence-corrected chi connectivity index (χ3v) is 5.53. The van der Waals surface area contributed by atoms with Gasteiger partial charge in [-0.05, 0) is 36.3 Å². The number of aryl methyl sites for hydroxylation is 1. The van der Waals surface area contributed by atoms with Gasteiger partial charge in [0.25, 0.3) is 0 Å². The van der Waals surface area contributed by atoms with E-state index in [4.69, 9.17) is 17.0 Å². The Bertz CT molecular complexity index is 920. The van der Waals surface area contributed by atoms with Crippen LogP contribution in [0.1, 0.15) is 36.3 Å². The summed E-state index contributed by atoms with van der Waals surface area (Å²) in [7, 11) is 0. The third-order valence-electron chi connectivity index (χ3n) is 5.21. The number of benzene rings is 1. The van der Waals surface area contributed by atoms with E-state index in [1.165, 1.54) is 12.1 Å². The molecule has 1 unspecified atom stereocenters. The number of halogens is 3. The van der Waals surface area contributed by atoms with Gasteiger partial charge in [-0.2, -0.15) is 18.3 Å². The Labute approximate surface area is 183 Å². The van der Waals surface area contributed by atoms with Crippen LogP contribution >= 0.6 is 12.2 Å². The van der Waals surface area contributed by atoms with Crippen molar-refractivity contribution < 1.29 is 22.7 Å². The second kappa shape index (κ2) is 10.4. The molecule has 11 heteroatoms. The Morgan fingerprint density at radius 1 is 1.29 bits per heavy atom. The number of carbonyl (C=O) groups is 1. The zero-order valence-electron chi connectivity index (χ0n) is 17.2. The maximum absolute atomic E-state index is 12.9. The normalized spacial score (nSPS) is 16.3. The number of aromatic nitrogens is 3. The Balaban J connectivity index is 1.71. The van der Waals surface area contributed by atoms with Gasteiger partial charge in [0.05, 0.1) is 24.8 Å². The molecule has 1 aliphatic rings. The zero-order chi connectivity index (χ0) is 22.4. The highest BCUT2D eigenvalue weighted by Crippen LogP contribution is 2.31. The number of nitrogens with one attached hydrogen (secondary N) is 2. The number of aromatic amines is 1. The predicted octanol–water partition coefficient (Wildman–Crippen LogP) is 3.10. The van der Waals surface area contributed by atoms with Crippen molar-refractivity contribution >= 4 is 18.1 Å². The number of hydrogen-bond donors (Lipinski definition) is 2. The van der Waals surface area contributed by atoms with Crippen LogP contribution in [0.2, 0.25) is 0 Å². The molecule has 7 nitrogen and oxygen atoms in total. The summed E-state index contributed by atoms with van der Waals surface area (Å²) in [5, 5.41) is 9.77. The second-order valence-corrected chi connectivity index (χ2v) is 7.76. The van der Waals surface area contributed by atoms with Gasteiger partial charge in [0.2, 0.25) is 5.91 Å². The lowest BCUT2D eigenvalue weighted by Crippen LogP contribution is -2.44. The molecule has 0 saturated carbocycles. The van der Waals surface area contributed by atoms with Gasteiger partial charge in [-0.25, -0.2) is 0 Å².